The maximum Gasteiger partial charge on any atom is 0.251 e. The predicted molar refractivity (Wildman–Crippen MR) is 79.6 cm³/mol. The van der Waals surface area contributed by atoms with Gasteiger partial charge in [-0.2, -0.15) is 0 Å². The molecule has 2 unspecified atom stereocenters. The number of carbonyl (C=O) groups excluding carboxylic acids is 2. The molecule has 1 aliphatic heterocycles. The second kappa shape index (κ2) is 5.85. The molecule has 1 heterocycles. The minimum Gasteiger partial charge on any atom is -0.383 e. The Bertz CT molecular complexity index is 528. The van der Waals surface area contributed by atoms with Gasteiger partial charge in [0.05, 0.1) is 12.6 Å². The molecule has 0 saturated carbocycles. The second-order valence-electron chi connectivity index (χ2n) is 5.89. The standard InChI is InChI=1S/C16H22N2O3/c1-11(10-21-4)18-14(19)13(12-8-6-5-7-9-12)17-15(20)16(18,2)3/h5-9,11,13H,10H2,1-4H3,(H,17,20). The van der Waals surface area contributed by atoms with E-state index in [-0.39, 0.29) is 17.9 Å². The third-order valence-corrected chi connectivity index (χ3v) is 3.90. The molecule has 1 aliphatic rings. The Labute approximate surface area is 125 Å². The fraction of sp³-hybridized carbons (Fsp3) is 0.500. The van der Waals surface area contributed by atoms with E-state index in [4.69, 9.17) is 4.74 Å². The molecule has 114 valence electrons. The molecule has 1 saturated heterocycles. The number of carbonyl (C=O) groups is 2. The van der Waals surface area contributed by atoms with Crippen molar-refractivity contribution in [1.82, 2.24) is 10.2 Å². The zero-order valence-corrected chi connectivity index (χ0v) is 12.9. The maximum atomic E-state index is 12.9. The highest BCUT2D eigenvalue weighted by atomic mass is 16.5. The van der Waals surface area contributed by atoms with Gasteiger partial charge in [-0.3, -0.25) is 9.59 Å². The van der Waals surface area contributed by atoms with Gasteiger partial charge < -0.3 is 15.0 Å². The van der Waals surface area contributed by atoms with Gasteiger partial charge in [-0.15, -0.1) is 0 Å². The Kier molecular flexibility index (Phi) is 4.32. The van der Waals surface area contributed by atoms with Crippen LogP contribution in [0.2, 0.25) is 0 Å². The molecule has 0 aliphatic carbocycles. The highest BCUT2D eigenvalue weighted by Crippen LogP contribution is 2.30. The number of rotatable bonds is 4. The van der Waals surface area contributed by atoms with E-state index in [1.54, 1.807) is 25.9 Å². The molecule has 2 rings (SSSR count). The summed E-state index contributed by atoms with van der Waals surface area (Å²) in [5.74, 6) is -0.255. The smallest absolute Gasteiger partial charge is 0.251 e. The zero-order chi connectivity index (χ0) is 15.6. The van der Waals surface area contributed by atoms with E-state index in [2.05, 4.69) is 5.32 Å². The first-order valence-corrected chi connectivity index (χ1v) is 7.07. The van der Waals surface area contributed by atoms with Crippen LogP contribution in [-0.4, -0.2) is 42.0 Å². The fourth-order valence-electron chi connectivity index (χ4n) is 2.85. The molecule has 1 fully saturated rings. The summed E-state index contributed by atoms with van der Waals surface area (Å²) >= 11 is 0. The highest BCUT2D eigenvalue weighted by molar-refractivity contribution is 6.00. The van der Waals surface area contributed by atoms with Crippen LogP contribution in [0.25, 0.3) is 0 Å². The molecule has 5 nitrogen and oxygen atoms in total. The summed E-state index contributed by atoms with van der Waals surface area (Å²) in [4.78, 5) is 26.9. The van der Waals surface area contributed by atoms with Crippen LogP contribution in [0, 0.1) is 0 Å². The van der Waals surface area contributed by atoms with Crippen LogP contribution in [0.15, 0.2) is 30.3 Å². The third kappa shape index (κ3) is 2.78. The lowest BCUT2D eigenvalue weighted by atomic mass is 9.91. The number of ether oxygens (including phenoxy) is 1. The summed E-state index contributed by atoms with van der Waals surface area (Å²) in [5, 5.41) is 2.83. The first-order valence-electron chi connectivity index (χ1n) is 7.07. The van der Waals surface area contributed by atoms with Crippen molar-refractivity contribution in [3.8, 4) is 0 Å². The van der Waals surface area contributed by atoms with E-state index in [1.807, 2.05) is 37.3 Å². The number of nitrogens with one attached hydrogen (secondary N) is 1. The minimum atomic E-state index is -0.889. The molecule has 0 aromatic heterocycles. The van der Waals surface area contributed by atoms with Crippen LogP contribution in [0.3, 0.4) is 0 Å². The average molecular weight is 290 g/mol. The quantitative estimate of drug-likeness (QED) is 0.914. The Hall–Kier alpha value is -1.88. The molecule has 21 heavy (non-hydrogen) atoms. The minimum absolute atomic E-state index is 0.102. The van der Waals surface area contributed by atoms with E-state index in [0.29, 0.717) is 6.61 Å². The highest BCUT2D eigenvalue weighted by Gasteiger charge is 2.48. The number of piperazine rings is 1. The van der Waals surface area contributed by atoms with Gasteiger partial charge in [0, 0.05) is 7.11 Å². The monoisotopic (exact) mass is 290 g/mol. The SMILES string of the molecule is COCC(C)N1C(=O)C(c2ccccc2)NC(=O)C1(C)C. The molecule has 0 bridgehead atoms. The Morgan fingerprint density at radius 1 is 1.29 bits per heavy atom. The molecule has 0 radical (unpaired) electrons. The van der Waals surface area contributed by atoms with Crippen LogP contribution in [0.5, 0.6) is 0 Å². The lowest BCUT2D eigenvalue weighted by Crippen LogP contribution is -2.68. The number of nitrogens with zero attached hydrogens (tertiary/aromatic N) is 1. The maximum absolute atomic E-state index is 12.9. The van der Waals surface area contributed by atoms with Crippen molar-refractivity contribution in [3.63, 3.8) is 0 Å². The van der Waals surface area contributed by atoms with Crippen molar-refractivity contribution in [2.24, 2.45) is 0 Å². The number of methoxy groups -OCH3 is 1. The predicted octanol–water partition coefficient (Wildman–Crippen LogP) is 1.50. The van der Waals surface area contributed by atoms with Crippen LogP contribution in [-0.2, 0) is 14.3 Å². The van der Waals surface area contributed by atoms with Crippen molar-refractivity contribution in [2.75, 3.05) is 13.7 Å². The van der Waals surface area contributed by atoms with Crippen LogP contribution in [0.4, 0.5) is 0 Å². The van der Waals surface area contributed by atoms with Crippen LogP contribution >= 0.6 is 0 Å². The first-order chi connectivity index (χ1) is 9.89. The molecule has 5 heteroatoms. The van der Waals surface area contributed by atoms with Crippen molar-refractivity contribution in [3.05, 3.63) is 35.9 Å². The van der Waals surface area contributed by atoms with E-state index in [0.717, 1.165) is 5.56 Å². The Balaban J connectivity index is 2.37. The lowest BCUT2D eigenvalue weighted by molar-refractivity contribution is -0.159. The number of amides is 2. The summed E-state index contributed by atoms with van der Waals surface area (Å²) < 4.78 is 5.15. The number of hydrogen-bond acceptors (Lipinski definition) is 3. The largest absolute Gasteiger partial charge is 0.383 e. The summed E-state index contributed by atoms with van der Waals surface area (Å²) in [5.41, 5.74) is -0.0960. The van der Waals surface area contributed by atoms with Crippen molar-refractivity contribution >= 4 is 11.8 Å². The van der Waals surface area contributed by atoms with Gasteiger partial charge in [0.15, 0.2) is 0 Å². The van der Waals surface area contributed by atoms with E-state index < -0.39 is 11.6 Å². The van der Waals surface area contributed by atoms with Crippen molar-refractivity contribution in [1.29, 1.82) is 0 Å². The van der Waals surface area contributed by atoms with Crippen molar-refractivity contribution < 1.29 is 14.3 Å². The van der Waals surface area contributed by atoms with E-state index in [1.165, 1.54) is 0 Å². The average Bonchev–Trinajstić information content (AvgIpc) is 2.44. The van der Waals surface area contributed by atoms with Crippen LogP contribution in [0.1, 0.15) is 32.4 Å². The van der Waals surface area contributed by atoms with Gasteiger partial charge in [-0.05, 0) is 26.3 Å². The van der Waals surface area contributed by atoms with Gasteiger partial charge in [-0.25, -0.2) is 0 Å². The summed E-state index contributed by atoms with van der Waals surface area (Å²) in [6, 6.07) is 8.49. The molecule has 2 atom stereocenters. The molecular weight excluding hydrogens is 268 g/mol. The summed E-state index contributed by atoms with van der Waals surface area (Å²) in [7, 11) is 1.59. The lowest BCUT2D eigenvalue weighted by Gasteiger charge is -2.47. The van der Waals surface area contributed by atoms with Gasteiger partial charge in [0.25, 0.3) is 5.91 Å². The fourth-order valence-corrected chi connectivity index (χ4v) is 2.85. The topological polar surface area (TPSA) is 58.6 Å². The molecule has 1 aromatic rings. The summed E-state index contributed by atoms with van der Waals surface area (Å²) in [6.07, 6.45) is 0. The van der Waals surface area contributed by atoms with E-state index >= 15 is 0 Å². The van der Waals surface area contributed by atoms with Gasteiger partial charge in [-0.1, -0.05) is 30.3 Å². The van der Waals surface area contributed by atoms with E-state index in [9.17, 15) is 9.59 Å². The molecular formula is C16H22N2O3. The third-order valence-electron chi connectivity index (χ3n) is 3.90. The normalized spacial score (nSPS) is 22.9. The molecule has 1 N–H and O–H groups in total. The van der Waals surface area contributed by atoms with Gasteiger partial charge >= 0.3 is 0 Å². The Morgan fingerprint density at radius 3 is 2.48 bits per heavy atom. The number of benzene rings is 1. The summed E-state index contributed by atoms with van der Waals surface area (Å²) in [6.45, 7) is 5.80. The van der Waals surface area contributed by atoms with Crippen LogP contribution < -0.4 is 5.32 Å². The molecule has 1 aromatic carbocycles. The van der Waals surface area contributed by atoms with Crippen molar-refractivity contribution in [2.45, 2.75) is 38.4 Å². The second-order valence-corrected chi connectivity index (χ2v) is 5.89. The zero-order valence-electron chi connectivity index (χ0n) is 12.9. The first kappa shape index (κ1) is 15.5. The molecule has 0 spiro atoms. The van der Waals surface area contributed by atoms with Gasteiger partial charge in [0.1, 0.15) is 11.6 Å². The number of hydrogen-bond donors (Lipinski definition) is 1. The molecule has 2 amide bonds. The Morgan fingerprint density at radius 2 is 1.90 bits per heavy atom. The van der Waals surface area contributed by atoms with Gasteiger partial charge in [0.2, 0.25) is 5.91 Å².